The fourth-order valence-electron chi connectivity index (χ4n) is 2.07. The first kappa shape index (κ1) is 24.4. The van der Waals surface area contributed by atoms with Crippen LogP contribution in [0.5, 0.6) is 0 Å². The van der Waals surface area contributed by atoms with Crippen molar-refractivity contribution in [1.82, 2.24) is 0 Å². The minimum Gasteiger partial charge on any atom is -0.716 e. The van der Waals surface area contributed by atoms with Gasteiger partial charge in [0.1, 0.15) is 6.26 Å². The molecule has 0 aliphatic heterocycles. The minimum atomic E-state index is -4.61. The third-order valence-electron chi connectivity index (χ3n) is 3.22. The van der Waals surface area contributed by atoms with E-state index in [0.29, 0.717) is 0 Å². The number of rotatable bonds is 14. The van der Waals surface area contributed by atoms with Gasteiger partial charge < -0.3 is 8.74 Å². The van der Waals surface area contributed by atoms with E-state index in [1.165, 1.54) is 63.9 Å². The van der Waals surface area contributed by atoms with Gasteiger partial charge in [-0.2, -0.15) is 0 Å². The van der Waals surface area contributed by atoms with E-state index in [9.17, 15) is 13.0 Å². The van der Waals surface area contributed by atoms with Crippen LogP contribution in [0.15, 0.2) is 24.5 Å². The van der Waals surface area contributed by atoms with Gasteiger partial charge in [-0.15, -0.1) is 0 Å². The molecule has 0 atom stereocenters. The fraction of sp³-hybridized carbons (Fsp3) is 0.750. The molecule has 6 heteroatoms. The Morgan fingerprint density at radius 1 is 0.864 bits per heavy atom. The van der Waals surface area contributed by atoms with Crippen molar-refractivity contribution in [3.05, 3.63) is 24.5 Å². The van der Waals surface area contributed by atoms with Crippen molar-refractivity contribution < 1.29 is 46.7 Å². The Bertz CT molecular complexity index is 378. The SMILES string of the molecule is CCCCCCCCCCCCC=CC=COS(=O)(=O)[O-].[Na+]. The minimum absolute atomic E-state index is 0. The summed E-state index contributed by atoms with van der Waals surface area (Å²) in [6, 6.07) is 0. The van der Waals surface area contributed by atoms with Crippen LogP contribution in [0, 0.1) is 0 Å². The zero-order chi connectivity index (χ0) is 15.8. The Morgan fingerprint density at radius 3 is 1.86 bits per heavy atom. The molecular formula is C16H29NaO4S. The molecule has 0 aliphatic rings. The molecule has 0 aliphatic carbocycles. The largest absolute Gasteiger partial charge is 1.00 e. The van der Waals surface area contributed by atoms with E-state index in [2.05, 4.69) is 11.1 Å². The molecule has 0 rings (SSSR count). The van der Waals surface area contributed by atoms with Gasteiger partial charge in [-0.1, -0.05) is 76.9 Å². The Morgan fingerprint density at radius 2 is 1.36 bits per heavy atom. The molecule has 0 saturated carbocycles. The maximum Gasteiger partial charge on any atom is 1.00 e. The van der Waals surface area contributed by atoms with Crippen LogP contribution in [0.3, 0.4) is 0 Å². The molecule has 0 amide bonds. The molecule has 0 aromatic heterocycles. The molecule has 0 aromatic rings. The van der Waals surface area contributed by atoms with Crippen molar-refractivity contribution in [2.24, 2.45) is 0 Å². The fourth-order valence-corrected chi connectivity index (χ4v) is 2.27. The van der Waals surface area contributed by atoms with Gasteiger partial charge in [-0.3, -0.25) is 0 Å². The molecule has 22 heavy (non-hydrogen) atoms. The molecule has 0 aromatic carbocycles. The first-order chi connectivity index (χ1) is 10.1. The summed E-state index contributed by atoms with van der Waals surface area (Å²) in [5, 5.41) is 0. The molecule has 0 fully saturated rings. The smallest absolute Gasteiger partial charge is 0.716 e. The van der Waals surface area contributed by atoms with Gasteiger partial charge in [-0.05, 0) is 18.9 Å². The summed E-state index contributed by atoms with van der Waals surface area (Å²) in [4.78, 5) is 0. The Kier molecular flexibility index (Phi) is 19.5. The van der Waals surface area contributed by atoms with Gasteiger partial charge >= 0.3 is 29.6 Å². The summed E-state index contributed by atoms with van der Waals surface area (Å²) in [6.45, 7) is 2.24. The van der Waals surface area contributed by atoms with E-state index < -0.39 is 10.4 Å². The van der Waals surface area contributed by atoms with Gasteiger partial charge in [0, 0.05) is 0 Å². The number of allylic oxidation sites excluding steroid dienone is 3. The van der Waals surface area contributed by atoms with Crippen molar-refractivity contribution in [3.8, 4) is 0 Å². The average molecular weight is 340 g/mol. The number of hydrogen-bond donors (Lipinski definition) is 0. The van der Waals surface area contributed by atoms with E-state index in [4.69, 9.17) is 0 Å². The molecule has 0 N–H and O–H groups in total. The average Bonchev–Trinajstić information content (AvgIpc) is 2.42. The predicted molar refractivity (Wildman–Crippen MR) is 85.5 cm³/mol. The van der Waals surface area contributed by atoms with E-state index in [0.717, 1.165) is 19.1 Å². The van der Waals surface area contributed by atoms with Crippen molar-refractivity contribution in [1.29, 1.82) is 0 Å². The summed E-state index contributed by atoms with van der Waals surface area (Å²) in [5.74, 6) is 0. The van der Waals surface area contributed by atoms with Gasteiger partial charge in [0.05, 0.1) is 0 Å². The van der Waals surface area contributed by atoms with Crippen LogP contribution >= 0.6 is 0 Å². The molecule has 4 nitrogen and oxygen atoms in total. The van der Waals surface area contributed by atoms with Crippen LogP contribution in [0.25, 0.3) is 0 Å². The van der Waals surface area contributed by atoms with Crippen molar-refractivity contribution >= 4 is 10.4 Å². The Balaban J connectivity index is 0. The van der Waals surface area contributed by atoms with E-state index in [1.54, 1.807) is 6.08 Å². The summed E-state index contributed by atoms with van der Waals surface area (Å²) in [7, 11) is -4.61. The van der Waals surface area contributed by atoms with Gasteiger partial charge in [0.25, 0.3) is 10.4 Å². The van der Waals surface area contributed by atoms with Crippen LogP contribution in [0.2, 0.25) is 0 Å². The van der Waals surface area contributed by atoms with Gasteiger partial charge in [0.15, 0.2) is 0 Å². The van der Waals surface area contributed by atoms with E-state index in [-0.39, 0.29) is 29.6 Å². The van der Waals surface area contributed by atoms with Crippen LogP contribution in [0.4, 0.5) is 0 Å². The van der Waals surface area contributed by atoms with Crippen molar-refractivity contribution in [2.75, 3.05) is 0 Å². The Labute approximate surface area is 158 Å². The topological polar surface area (TPSA) is 66.4 Å². The van der Waals surface area contributed by atoms with Crippen molar-refractivity contribution in [2.45, 2.75) is 77.6 Å². The first-order valence-electron chi connectivity index (χ1n) is 8.02. The molecule has 0 heterocycles. The summed E-state index contributed by atoms with van der Waals surface area (Å²) >= 11 is 0. The molecular weight excluding hydrogens is 311 g/mol. The van der Waals surface area contributed by atoms with E-state index >= 15 is 0 Å². The predicted octanol–water partition coefficient (Wildman–Crippen LogP) is 1.85. The zero-order valence-corrected chi connectivity index (χ0v) is 16.9. The van der Waals surface area contributed by atoms with E-state index in [1.807, 2.05) is 6.08 Å². The normalized spacial score (nSPS) is 11.9. The van der Waals surface area contributed by atoms with Crippen LogP contribution in [0.1, 0.15) is 77.6 Å². The second-order valence-corrected chi connectivity index (χ2v) is 6.24. The number of unbranched alkanes of at least 4 members (excludes halogenated alkanes) is 10. The van der Waals surface area contributed by atoms with Crippen LogP contribution in [-0.2, 0) is 14.6 Å². The van der Waals surface area contributed by atoms with Gasteiger partial charge in [-0.25, -0.2) is 8.42 Å². The molecule has 0 unspecified atom stereocenters. The van der Waals surface area contributed by atoms with Gasteiger partial charge in [0.2, 0.25) is 0 Å². The van der Waals surface area contributed by atoms with Crippen LogP contribution in [-0.4, -0.2) is 13.0 Å². The third-order valence-corrected chi connectivity index (χ3v) is 3.57. The zero-order valence-electron chi connectivity index (χ0n) is 14.1. The molecule has 0 bridgehead atoms. The molecule has 0 radical (unpaired) electrons. The maximum atomic E-state index is 10.1. The quantitative estimate of drug-likeness (QED) is 0.121. The second kappa shape index (κ2) is 17.5. The first-order valence-corrected chi connectivity index (χ1v) is 9.35. The standard InChI is InChI=1S/C16H30O4S.Na/c1-2-3-4-5-6-7-8-9-10-11-12-13-14-15-16-20-21(17,18)19;/h13-16H,2-12H2,1H3,(H,17,18,19);/q;+1/p-1. The molecule has 0 saturated heterocycles. The van der Waals surface area contributed by atoms with Crippen molar-refractivity contribution in [3.63, 3.8) is 0 Å². The number of hydrogen-bond acceptors (Lipinski definition) is 4. The summed E-state index contributed by atoms with van der Waals surface area (Å²) in [5.41, 5.74) is 0. The monoisotopic (exact) mass is 340 g/mol. The maximum absolute atomic E-state index is 10.1. The Hall–Kier alpha value is 0.190. The summed E-state index contributed by atoms with van der Waals surface area (Å²) in [6.07, 6.45) is 20.0. The second-order valence-electron chi connectivity index (χ2n) is 5.23. The van der Waals surface area contributed by atoms with Crippen LogP contribution < -0.4 is 29.6 Å². The third kappa shape index (κ3) is 22.5. The molecule has 0 spiro atoms. The molecule has 124 valence electrons. The summed E-state index contributed by atoms with van der Waals surface area (Å²) < 4.78 is 34.3.